The van der Waals surface area contributed by atoms with Gasteiger partial charge in [0.1, 0.15) is 11.9 Å². The van der Waals surface area contributed by atoms with Gasteiger partial charge >= 0.3 is 0 Å². The minimum Gasteiger partial charge on any atom is -0.497 e. The Bertz CT molecular complexity index is 328. The number of ether oxygens (including phenoxy) is 1. The molecule has 0 saturated carbocycles. The highest BCUT2D eigenvalue weighted by molar-refractivity contribution is 7.80. The van der Waals surface area contributed by atoms with Crippen LogP contribution < -0.4 is 4.74 Å². The summed E-state index contributed by atoms with van der Waals surface area (Å²) in [5.74, 6) is 0.968. The highest BCUT2D eigenvalue weighted by Gasteiger charge is 2.18. The topological polar surface area (TPSA) is 49.7 Å². The first-order valence-corrected chi connectivity index (χ1v) is 5.35. The van der Waals surface area contributed by atoms with Gasteiger partial charge in [0.15, 0.2) is 0 Å². The maximum absolute atomic E-state index is 9.79. The SMILES string of the molecule is COc1ccc(C(O)C(O)CS)c(C)c1. The molecule has 0 aromatic heterocycles. The van der Waals surface area contributed by atoms with Gasteiger partial charge in [-0.25, -0.2) is 0 Å². The fourth-order valence-corrected chi connectivity index (χ4v) is 1.61. The van der Waals surface area contributed by atoms with Crippen molar-refractivity contribution >= 4 is 12.6 Å². The third kappa shape index (κ3) is 2.87. The second-order valence-electron chi connectivity index (χ2n) is 3.42. The van der Waals surface area contributed by atoms with E-state index in [1.165, 1.54) is 0 Å². The summed E-state index contributed by atoms with van der Waals surface area (Å²) in [5, 5.41) is 19.3. The van der Waals surface area contributed by atoms with Crippen LogP contribution in [0.1, 0.15) is 17.2 Å². The Balaban J connectivity index is 2.95. The molecule has 84 valence electrons. The number of aliphatic hydroxyl groups is 2. The maximum Gasteiger partial charge on any atom is 0.119 e. The lowest BCUT2D eigenvalue weighted by molar-refractivity contribution is 0.0333. The predicted octanol–water partition coefficient (Wildman–Crippen LogP) is 1.33. The molecule has 1 aromatic carbocycles. The van der Waals surface area contributed by atoms with Crippen molar-refractivity contribution in [3.05, 3.63) is 29.3 Å². The van der Waals surface area contributed by atoms with Crippen LogP contribution in [0.15, 0.2) is 18.2 Å². The number of hydrogen-bond donors (Lipinski definition) is 3. The van der Waals surface area contributed by atoms with Crippen molar-refractivity contribution in [2.45, 2.75) is 19.1 Å². The second-order valence-corrected chi connectivity index (χ2v) is 3.78. The summed E-state index contributed by atoms with van der Waals surface area (Å²) in [6.07, 6.45) is -1.74. The van der Waals surface area contributed by atoms with Crippen LogP contribution in [-0.2, 0) is 0 Å². The summed E-state index contributed by atoms with van der Waals surface area (Å²) in [6, 6.07) is 5.34. The van der Waals surface area contributed by atoms with Crippen LogP contribution in [0.4, 0.5) is 0 Å². The molecule has 0 spiro atoms. The van der Waals surface area contributed by atoms with E-state index >= 15 is 0 Å². The first kappa shape index (κ1) is 12.4. The van der Waals surface area contributed by atoms with Crippen molar-refractivity contribution in [2.75, 3.05) is 12.9 Å². The van der Waals surface area contributed by atoms with Crippen LogP contribution in [0, 0.1) is 6.92 Å². The lowest BCUT2D eigenvalue weighted by Gasteiger charge is -2.18. The zero-order valence-corrected chi connectivity index (χ0v) is 9.74. The fourth-order valence-electron chi connectivity index (χ4n) is 1.41. The first-order chi connectivity index (χ1) is 7.10. The highest BCUT2D eigenvalue weighted by atomic mass is 32.1. The smallest absolute Gasteiger partial charge is 0.119 e. The van der Waals surface area contributed by atoms with Gasteiger partial charge in [-0.2, -0.15) is 12.6 Å². The summed E-state index contributed by atoms with van der Waals surface area (Å²) in [7, 11) is 1.59. The van der Waals surface area contributed by atoms with Crippen molar-refractivity contribution < 1.29 is 14.9 Å². The van der Waals surface area contributed by atoms with E-state index in [4.69, 9.17) is 4.74 Å². The third-order valence-corrected chi connectivity index (χ3v) is 2.72. The molecule has 0 bridgehead atoms. The van der Waals surface area contributed by atoms with Gasteiger partial charge < -0.3 is 14.9 Å². The number of hydrogen-bond acceptors (Lipinski definition) is 4. The van der Waals surface area contributed by atoms with Crippen molar-refractivity contribution in [3.8, 4) is 5.75 Å². The Labute approximate surface area is 95.1 Å². The maximum atomic E-state index is 9.79. The summed E-state index contributed by atoms with van der Waals surface area (Å²) >= 11 is 3.94. The van der Waals surface area contributed by atoms with Gasteiger partial charge in [0, 0.05) is 5.75 Å². The molecular weight excluding hydrogens is 212 g/mol. The molecular formula is C11H16O3S. The Morgan fingerprint density at radius 3 is 2.53 bits per heavy atom. The lowest BCUT2D eigenvalue weighted by atomic mass is 10.00. The fraction of sp³-hybridized carbons (Fsp3) is 0.455. The van der Waals surface area contributed by atoms with Gasteiger partial charge in [-0.1, -0.05) is 6.07 Å². The molecule has 3 nitrogen and oxygen atoms in total. The van der Waals surface area contributed by atoms with Crippen LogP contribution in [0.5, 0.6) is 5.75 Å². The molecule has 0 aliphatic rings. The molecule has 0 radical (unpaired) electrons. The third-order valence-electron chi connectivity index (χ3n) is 2.35. The van der Waals surface area contributed by atoms with E-state index in [0.717, 1.165) is 11.3 Å². The molecule has 2 unspecified atom stereocenters. The number of thiol groups is 1. The van der Waals surface area contributed by atoms with Gasteiger partial charge in [0.2, 0.25) is 0 Å². The molecule has 15 heavy (non-hydrogen) atoms. The average molecular weight is 228 g/mol. The quantitative estimate of drug-likeness (QED) is 0.681. The van der Waals surface area contributed by atoms with E-state index in [2.05, 4.69) is 12.6 Å². The van der Waals surface area contributed by atoms with Crippen molar-refractivity contribution in [2.24, 2.45) is 0 Å². The molecule has 0 heterocycles. The molecule has 1 rings (SSSR count). The van der Waals surface area contributed by atoms with E-state index in [1.54, 1.807) is 19.2 Å². The monoisotopic (exact) mass is 228 g/mol. The Morgan fingerprint density at radius 1 is 1.40 bits per heavy atom. The van der Waals surface area contributed by atoms with Gasteiger partial charge in [-0.05, 0) is 30.2 Å². The number of methoxy groups -OCH3 is 1. The predicted molar refractivity (Wildman–Crippen MR) is 62.6 cm³/mol. The van der Waals surface area contributed by atoms with E-state index in [9.17, 15) is 10.2 Å². The summed E-state index contributed by atoms with van der Waals surface area (Å²) in [6.45, 7) is 1.87. The molecule has 1 aromatic rings. The first-order valence-electron chi connectivity index (χ1n) is 4.71. The normalized spacial score (nSPS) is 14.7. The number of benzene rings is 1. The van der Waals surface area contributed by atoms with E-state index in [1.807, 2.05) is 13.0 Å². The van der Waals surface area contributed by atoms with E-state index < -0.39 is 12.2 Å². The molecule has 0 amide bonds. The average Bonchev–Trinajstić information content (AvgIpc) is 2.26. The van der Waals surface area contributed by atoms with Crippen LogP contribution in [0.2, 0.25) is 0 Å². The number of aliphatic hydroxyl groups excluding tert-OH is 2. The van der Waals surface area contributed by atoms with Gasteiger partial charge in [-0.3, -0.25) is 0 Å². The van der Waals surface area contributed by atoms with Crippen molar-refractivity contribution in [3.63, 3.8) is 0 Å². The van der Waals surface area contributed by atoms with Gasteiger partial charge in [0.25, 0.3) is 0 Å². The zero-order chi connectivity index (χ0) is 11.4. The standard InChI is InChI=1S/C11H16O3S/c1-7-5-8(14-2)3-4-9(7)11(13)10(12)6-15/h3-5,10-13,15H,6H2,1-2H3. The second kappa shape index (κ2) is 5.39. The molecule has 4 heteroatoms. The Kier molecular flexibility index (Phi) is 4.45. The van der Waals surface area contributed by atoms with E-state index in [-0.39, 0.29) is 5.75 Å². The van der Waals surface area contributed by atoms with Crippen LogP contribution in [-0.4, -0.2) is 29.2 Å². The van der Waals surface area contributed by atoms with Gasteiger partial charge in [-0.15, -0.1) is 0 Å². The summed E-state index contributed by atoms with van der Waals surface area (Å²) < 4.78 is 5.06. The number of rotatable bonds is 4. The van der Waals surface area contributed by atoms with Crippen LogP contribution >= 0.6 is 12.6 Å². The summed E-state index contributed by atoms with van der Waals surface area (Å²) in [5.41, 5.74) is 1.60. The lowest BCUT2D eigenvalue weighted by Crippen LogP contribution is -2.20. The Morgan fingerprint density at radius 2 is 2.07 bits per heavy atom. The molecule has 0 aliphatic heterocycles. The minimum atomic E-state index is -0.895. The zero-order valence-electron chi connectivity index (χ0n) is 8.84. The molecule has 0 fully saturated rings. The van der Waals surface area contributed by atoms with Crippen LogP contribution in [0.25, 0.3) is 0 Å². The molecule has 2 N–H and O–H groups in total. The number of aryl methyl sites for hydroxylation is 1. The van der Waals surface area contributed by atoms with Crippen LogP contribution in [0.3, 0.4) is 0 Å². The molecule has 0 saturated heterocycles. The van der Waals surface area contributed by atoms with Gasteiger partial charge in [0.05, 0.1) is 13.2 Å². The summed E-state index contributed by atoms with van der Waals surface area (Å²) in [4.78, 5) is 0. The van der Waals surface area contributed by atoms with E-state index in [0.29, 0.717) is 5.56 Å². The minimum absolute atomic E-state index is 0.229. The largest absolute Gasteiger partial charge is 0.497 e. The molecule has 0 aliphatic carbocycles. The Hall–Kier alpha value is -0.710. The highest BCUT2D eigenvalue weighted by Crippen LogP contribution is 2.24. The van der Waals surface area contributed by atoms with Crippen molar-refractivity contribution in [1.29, 1.82) is 0 Å². The van der Waals surface area contributed by atoms with Crippen molar-refractivity contribution in [1.82, 2.24) is 0 Å². The molecule has 2 atom stereocenters.